The van der Waals surface area contributed by atoms with Gasteiger partial charge >= 0.3 is 5.97 Å². The highest BCUT2D eigenvalue weighted by molar-refractivity contribution is 9.10. The first kappa shape index (κ1) is 15.2. The van der Waals surface area contributed by atoms with Crippen LogP contribution in [0, 0.1) is 6.92 Å². The molecule has 6 nitrogen and oxygen atoms in total. The van der Waals surface area contributed by atoms with E-state index in [0.29, 0.717) is 10.0 Å². The first-order valence-corrected chi connectivity index (χ1v) is 6.16. The van der Waals surface area contributed by atoms with Crippen molar-refractivity contribution in [2.75, 3.05) is 13.1 Å². The van der Waals surface area contributed by atoms with Crippen LogP contribution in [-0.4, -0.2) is 40.9 Å². The Hall–Kier alpha value is -1.89. The topological polar surface area (TPSA) is 101 Å². The molecule has 0 heterocycles. The summed E-state index contributed by atoms with van der Waals surface area (Å²) >= 11 is 3.22. The largest absolute Gasteiger partial charge is 0.480 e. The van der Waals surface area contributed by atoms with E-state index in [0.717, 1.165) is 10.5 Å². The monoisotopic (exact) mass is 328 g/mol. The van der Waals surface area contributed by atoms with Gasteiger partial charge in [-0.3, -0.25) is 14.4 Å². The molecule has 0 radical (unpaired) electrons. The van der Waals surface area contributed by atoms with Gasteiger partial charge in [0.1, 0.15) is 13.1 Å². The fourth-order valence-electron chi connectivity index (χ4n) is 1.52. The first-order chi connectivity index (χ1) is 8.81. The number of carbonyl (C=O) groups excluding carboxylic acids is 2. The number of aryl methyl sites for hydroxylation is 1. The van der Waals surface area contributed by atoms with Gasteiger partial charge in [0.05, 0.1) is 5.56 Å². The van der Waals surface area contributed by atoms with Gasteiger partial charge in [-0.05, 0) is 35.0 Å². The van der Waals surface area contributed by atoms with Crippen LogP contribution >= 0.6 is 15.9 Å². The Morgan fingerprint density at radius 2 is 1.95 bits per heavy atom. The summed E-state index contributed by atoms with van der Waals surface area (Å²) in [5.41, 5.74) is 6.16. The summed E-state index contributed by atoms with van der Waals surface area (Å²) in [6, 6.07) is 5.10. The van der Waals surface area contributed by atoms with Crippen LogP contribution in [0.4, 0.5) is 0 Å². The molecule has 0 bridgehead atoms. The van der Waals surface area contributed by atoms with Gasteiger partial charge in [0.15, 0.2) is 0 Å². The van der Waals surface area contributed by atoms with Crippen molar-refractivity contribution in [1.29, 1.82) is 0 Å². The Labute approximate surface area is 118 Å². The van der Waals surface area contributed by atoms with Crippen LogP contribution < -0.4 is 5.73 Å². The van der Waals surface area contributed by atoms with Crippen molar-refractivity contribution in [2.24, 2.45) is 5.73 Å². The van der Waals surface area contributed by atoms with Crippen LogP contribution in [0.25, 0.3) is 0 Å². The molecular weight excluding hydrogens is 316 g/mol. The van der Waals surface area contributed by atoms with Crippen LogP contribution in [0.3, 0.4) is 0 Å². The summed E-state index contributed by atoms with van der Waals surface area (Å²) in [7, 11) is 0. The molecule has 7 heteroatoms. The molecule has 0 unspecified atom stereocenters. The Kier molecular flexibility index (Phi) is 5.05. The predicted molar refractivity (Wildman–Crippen MR) is 71.6 cm³/mol. The molecule has 0 aliphatic carbocycles. The summed E-state index contributed by atoms with van der Waals surface area (Å²) < 4.78 is 0.531. The van der Waals surface area contributed by atoms with Gasteiger partial charge in [-0.2, -0.15) is 0 Å². The average molecular weight is 329 g/mol. The molecule has 19 heavy (non-hydrogen) atoms. The number of rotatable bonds is 5. The van der Waals surface area contributed by atoms with Gasteiger partial charge in [0, 0.05) is 4.47 Å². The number of carboxylic acids is 1. The third kappa shape index (κ3) is 4.36. The highest BCUT2D eigenvalue weighted by Crippen LogP contribution is 2.19. The maximum Gasteiger partial charge on any atom is 0.323 e. The van der Waals surface area contributed by atoms with E-state index in [1.807, 2.05) is 0 Å². The zero-order chi connectivity index (χ0) is 14.6. The first-order valence-electron chi connectivity index (χ1n) is 5.36. The average Bonchev–Trinajstić information content (AvgIpc) is 2.29. The summed E-state index contributed by atoms with van der Waals surface area (Å²) in [5.74, 6) is -2.53. The summed E-state index contributed by atoms with van der Waals surface area (Å²) in [6.45, 7) is 0.784. The minimum absolute atomic E-state index is 0.294. The van der Waals surface area contributed by atoms with Gasteiger partial charge in [0.2, 0.25) is 5.91 Å². The number of carbonyl (C=O) groups is 3. The Balaban J connectivity index is 3.07. The Bertz CT molecular complexity index is 514. The molecule has 1 rings (SSSR count). The van der Waals surface area contributed by atoms with Gasteiger partial charge in [-0.1, -0.05) is 11.6 Å². The van der Waals surface area contributed by atoms with Crippen molar-refractivity contribution in [1.82, 2.24) is 4.90 Å². The van der Waals surface area contributed by atoms with Crippen molar-refractivity contribution in [3.8, 4) is 0 Å². The van der Waals surface area contributed by atoms with E-state index in [9.17, 15) is 14.4 Å². The van der Waals surface area contributed by atoms with E-state index in [1.54, 1.807) is 25.1 Å². The number of carboxylic acid groups (broad SMARTS) is 1. The smallest absolute Gasteiger partial charge is 0.323 e. The maximum absolute atomic E-state index is 12.2. The number of amides is 2. The minimum Gasteiger partial charge on any atom is -0.480 e. The lowest BCUT2D eigenvalue weighted by Crippen LogP contribution is -2.41. The molecule has 1 aromatic rings. The number of aliphatic carboxylic acids is 1. The molecule has 0 spiro atoms. The van der Waals surface area contributed by atoms with E-state index in [4.69, 9.17) is 10.8 Å². The number of benzene rings is 1. The molecule has 0 aliphatic rings. The minimum atomic E-state index is -1.21. The van der Waals surface area contributed by atoms with Crippen LogP contribution in [-0.2, 0) is 9.59 Å². The van der Waals surface area contributed by atoms with Crippen molar-refractivity contribution in [3.05, 3.63) is 33.8 Å². The number of hydrogen-bond acceptors (Lipinski definition) is 3. The molecule has 3 N–H and O–H groups in total. The predicted octanol–water partition coefficient (Wildman–Crippen LogP) is 0.770. The lowest BCUT2D eigenvalue weighted by molar-refractivity contribution is -0.138. The zero-order valence-corrected chi connectivity index (χ0v) is 11.8. The second kappa shape index (κ2) is 6.33. The molecule has 0 aromatic heterocycles. The summed E-state index contributed by atoms with van der Waals surface area (Å²) in [5, 5.41) is 8.76. The normalized spacial score (nSPS) is 10.0. The summed E-state index contributed by atoms with van der Waals surface area (Å²) in [4.78, 5) is 34.7. The van der Waals surface area contributed by atoms with Crippen LogP contribution in [0.2, 0.25) is 0 Å². The van der Waals surface area contributed by atoms with E-state index in [1.165, 1.54) is 0 Å². The number of primary amides is 1. The molecule has 0 fully saturated rings. The molecule has 0 aliphatic heterocycles. The van der Waals surface area contributed by atoms with Gasteiger partial charge < -0.3 is 15.7 Å². The lowest BCUT2D eigenvalue weighted by atomic mass is 10.1. The third-order valence-corrected chi connectivity index (χ3v) is 3.00. The number of hydrogen-bond donors (Lipinski definition) is 2. The van der Waals surface area contributed by atoms with Crippen LogP contribution in [0.1, 0.15) is 15.9 Å². The Morgan fingerprint density at radius 1 is 1.32 bits per heavy atom. The number of nitrogens with two attached hydrogens (primary N) is 1. The molecule has 0 saturated heterocycles. The highest BCUT2D eigenvalue weighted by Gasteiger charge is 2.22. The van der Waals surface area contributed by atoms with Gasteiger partial charge in [-0.15, -0.1) is 0 Å². The second-order valence-electron chi connectivity index (χ2n) is 4.00. The fraction of sp³-hybridized carbons (Fsp3) is 0.250. The highest BCUT2D eigenvalue weighted by atomic mass is 79.9. The van der Waals surface area contributed by atoms with E-state index < -0.39 is 30.9 Å². The lowest BCUT2D eigenvalue weighted by Gasteiger charge is -2.19. The molecule has 1 aromatic carbocycles. The molecule has 2 amide bonds. The standard InChI is InChI=1S/C12H13BrN2O4/c1-7-2-3-9(13)8(4-7)12(19)15(5-10(14)16)6-11(17)18/h2-4H,5-6H2,1H3,(H2,14,16)(H,17,18). The van der Waals surface area contributed by atoms with Crippen molar-refractivity contribution in [3.63, 3.8) is 0 Å². The van der Waals surface area contributed by atoms with Crippen LogP contribution in [0.5, 0.6) is 0 Å². The zero-order valence-electron chi connectivity index (χ0n) is 10.2. The van der Waals surface area contributed by atoms with Crippen molar-refractivity contribution >= 4 is 33.7 Å². The number of nitrogens with zero attached hydrogens (tertiary/aromatic N) is 1. The van der Waals surface area contributed by atoms with Crippen molar-refractivity contribution < 1.29 is 19.5 Å². The second-order valence-corrected chi connectivity index (χ2v) is 4.86. The molecular formula is C12H13BrN2O4. The maximum atomic E-state index is 12.2. The van der Waals surface area contributed by atoms with Crippen LogP contribution in [0.15, 0.2) is 22.7 Å². The number of halogens is 1. The molecule has 0 saturated carbocycles. The van der Waals surface area contributed by atoms with Crippen molar-refractivity contribution in [2.45, 2.75) is 6.92 Å². The molecule has 0 atom stereocenters. The molecule has 102 valence electrons. The summed E-state index contributed by atoms with van der Waals surface area (Å²) in [6.07, 6.45) is 0. The Morgan fingerprint density at radius 3 is 2.47 bits per heavy atom. The van der Waals surface area contributed by atoms with E-state index in [-0.39, 0.29) is 0 Å². The van der Waals surface area contributed by atoms with Gasteiger partial charge in [0.25, 0.3) is 5.91 Å². The van der Waals surface area contributed by atoms with E-state index >= 15 is 0 Å². The fourth-order valence-corrected chi connectivity index (χ4v) is 1.94. The van der Waals surface area contributed by atoms with E-state index in [2.05, 4.69) is 15.9 Å². The SMILES string of the molecule is Cc1ccc(Br)c(C(=O)N(CC(N)=O)CC(=O)O)c1. The van der Waals surface area contributed by atoms with Gasteiger partial charge in [-0.25, -0.2) is 0 Å². The third-order valence-electron chi connectivity index (χ3n) is 2.31. The quantitative estimate of drug-likeness (QED) is 0.833.